The Morgan fingerprint density at radius 1 is 1.11 bits per heavy atom. The van der Waals surface area contributed by atoms with Crippen molar-refractivity contribution in [2.75, 3.05) is 31.5 Å². The van der Waals surface area contributed by atoms with Crippen LogP contribution < -0.4 is 10.6 Å². The molecule has 146 valence electrons. The van der Waals surface area contributed by atoms with Gasteiger partial charge in [0, 0.05) is 19.5 Å². The van der Waals surface area contributed by atoms with Gasteiger partial charge < -0.3 is 10.6 Å². The SMILES string of the molecule is CCNC(=O)CN(CC)CCC(=O)Nc1c(C)nn(-c2ccccc2)c1C. The summed E-state index contributed by atoms with van der Waals surface area (Å²) in [6.07, 6.45) is 0.322. The minimum absolute atomic E-state index is 0.0180. The van der Waals surface area contributed by atoms with Gasteiger partial charge in [-0.25, -0.2) is 4.68 Å². The van der Waals surface area contributed by atoms with E-state index in [0.29, 0.717) is 32.6 Å². The Bertz CT molecular complexity index is 770. The fourth-order valence-electron chi connectivity index (χ4n) is 2.91. The standard InChI is InChI=1S/C20H29N5O2/c1-5-21-19(27)14-24(6-2)13-12-18(26)22-20-15(3)23-25(16(20)4)17-10-8-7-9-11-17/h7-11H,5-6,12-14H2,1-4H3,(H,21,27)(H,22,26). The van der Waals surface area contributed by atoms with Gasteiger partial charge in [0.05, 0.1) is 29.3 Å². The molecule has 0 aliphatic heterocycles. The lowest BCUT2D eigenvalue weighted by Crippen LogP contribution is -2.38. The normalized spacial score (nSPS) is 10.9. The third-order valence-electron chi connectivity index (χ3n) is 4.40. The van der Waals surface area contributed by atoms with Crippen LogP contribution in [0.3, 0.4) is 0 Å². The van der Waals surface area contributed by atoms with Crippen molar-refractivity contribution in [2.45, 2.75) is 34.1 Å². The molecule has 0 bridgehead atoms. The molecule has 0 aliphatic rings. The van der Waals surface area contributed by atoms with E-state index < -0.39 is 0 Å². The second-order valence-electron chi connectivity index (χ2n) is 6.41. The van der Waals surface area contributed by atoms with Crippen LogP contribution in [0.2, 0.25) is 0 Å². The second-order valence-corrected chi connectivity index (χ2v) is 6.41. The van der Waals surface area contributed by atoms with Crippen molar-refractivity contribution in [2.24, 2.45) is 0 Å². The van der Waals surface area contributed by atoms with E-state index in [9.17, 15) is 9.59 Å². The Kier molecular flexibility index (Phi) is 7.55. The monoisotopic (exact) mass is 371 g/mol. The first-order chi connectivity index (χ1) is 13.0. The number of carbonyl (C=O) groups is 2. The van der Waals surface area contributed by atoms with E-state index in [0.717, 1.165) is 22.8 Å². The number of nitrogens with zero attached hydrogens (tertiary/aromatic N) is 3. The van der Waals surface area contributed by atoms with E-state index in [2.05, 4.69) is 15.7 Å². The number of hydrogen-bond donors (Lipinski definition) is 2. The molecular formula is C20H29N5O2. The lowest BCUT2D eigenvalue weighted by atomic mass is 10.2. The average molecular weight is 371 g/mol. The number of anilines is 1. The van der Waals surface area contributed by atoms with Crippen LogP contribution in [0, 0.1) is 13.8 Å². The number of amides is 2. The smallest absolute Gasteiger partial charge is 0.234 e. The summed E-state index contributed by atoms with van der Waals surface area (Å²) in [5, 5.41) is 10.3. The number of nitrogens with one attached hydrogen (secondary N) is 2. The molecule has 2 amide bonds. The molecule has 0 fully saturated rings. The topological polar surface area (TPSA) is 79.3 Å². The third-order valence-corrected chi connectivity index (χ3v) is 4.40. The van der Waals surface area contributed by atoms with Crippen LogP contribution in [0.25, 0.3) is 5.69 Å². The van der Waals surface area contributed by atoms with Gasteiger partial charge >= 0.3 is 0 Å². The molecule has 0 saturated heterocycles. The number of carbonyl (C=O) groups excluding carboxylic acids is 2. The zero-order valence-electron chi connectivity index (χ0n) is 16.6. The summed E-state index contributed by atoms with van der Waals surface area (Å²) in [5.74, 6) is -0.0984. The molecule has 27 heavy (non-hydrogen) atoms. The Labute approximate surface area is 160 Å². The van der Waals surface area contributed by atoms with E-state index in [1.54, 1.807) is 0 Å². The Hall–Kier alpha value is -2.67. The van der Waals surface area contributed by atoms with E-state index >= 15 is 0 Å². The van der Waals surface area contributed by atoms with Crippen LogP contribution in [0.15, 0.2) is 30.3 Å². The van der Waals surface area contributed by atoms with E-state index in [1.165, 1.54) is 0 Å². The van der Waals surface area contributed by atoms with Gasteiger partial charge in [-0.1, -0.05) is 25.1 Å². The molecule has 2 aromatic rings. The van der Waals surface area contributed by atoms with Crippen molar-refractivity contribution in [3.05, 3.63) is 41.7 Å². The summed E-state index contributed by atoms with van der Waals surface area (Å²) < 4.78 is 1.83. The first kappa shape index (κ1) is 20.6. The number of likely N-dealkylation sites (N-methyl/N-ethyl adjacent to an activating group) is 2. The third kappa shape index (κ3) is 5.65. The molecule has 7 heteroatoms. The fourth-order valence-corrected chi connectivity index (χ4v) is 2.91. The van der Waals surface area contributed by atoms with Crippen LogP contribution in [-0.4, -0.2) is 52.7 Å². The van der Waals surface area contributed by atoms with Crippen LogP contribution in [-0.2, 0) is 9.59 Å². The van der Waals surface area contributed by atoms with Gasteiger partial charge in [-0.2, -0.15) is 5.10 Å². The van der Waals surface area contributed by atoms with Gasteiger partial charge in [0.1, 0.15) is 0 Å². The molecule has 1 heterocycles. The van der Waals surface area contributed by atoms with Gasteiger partial charge in [-0.15, -0.1) is 0 Å². The highest BCUT2D eigenvalue weighted by Crippen LogP contribution is 2.22. The summed E-state index contributed by atoms with van der Waals surface area (Å²) in [4.78, 5) is 26.1. The fraction of sp³-hybridized carbons (Fsp3) is 0.450. The maximum atomic E-state index is 12.4. The van der Waals surface area contributed by atoms with E-state index in [4.69, 9.17) is 0 Å². The number of para-hydroxylation sites is 1. The largest absolute Gasteiger partial charge is 0.355 e. The molecule has 2 rings (SSSR count). The number of benzene rings is 1. The molecule has 1 aromatic carbocycles. The van der Waals surface area contributed by atoms with Crippen molar-refractivity contribution in [1.82, 2.24) is 20.0 Å². The van der Waals surface area contributed by atoms with Gasteiger partial charge in [0.15, 0.2) is 0 Å². The Balaban J connectivity index is 1.98. The highest BCUT2D eigenvalue weighted by Gasteiger charge is 2.16. The first-order valence-corrected chi connectivity index (χ1v) is 9.36. The lowest BCUT2D eigenvalue weighted by Gasteiger charge is -2.19. The molecular weight excluding hydrogens is 342 g/mol. The van der Waals surface area contributed by atoms with Crippen LogP contribution in [0.4, 0.5) is 5.69 Å². The van der Waals surface area contributed by atoms with Gasteiger partial charge in [-0.05, 0) is 39.4 Å². The molecule has 0 radical (unpaired) electrons. The van der Waals surface area contributed by atoms with Crippen molar-refractivity contribution >= 4 is 17.5 Å². The first-order valence-electron chi connectivity index (χ1n) is 9.36. The molecule has 0 aliphatic carbocycles. The summed E-state index contributed by atoms with van der Waals surface area (Å²) in [5.41, 5.74) is 3.37. The minimum Gasteiger partial charge on any atom is -0.355 e. The van der Waals surface area contributed by atoms with Gasteiger partial charge in [-0.3, -0.25) is 14.5 Å². The summed E-state index contributed by atoms with van der Waals surface area (Å²) >= 11 is 0. The quantitative estimate of drug-likeness (QED) is 0.709. The van der Waals surface area contributed by atoms with Crippen LogP contribution in [0.1, 0.15) is 31.7 Å². The van der Waals surface area contributed by atoms with Crippen molar-refractivity contribution < 1.29 is 9.59 Å². The predicted octanol–water partition coefficient (Wildman–Crippen LogP) is 2.28. The van der Waals surface area contributed by atoms with Crippen molar-refractivity contribution in [3.8, 4) is 5.69 Å². The molecule has 7 nitrogen and oxygen atoms in total. The predicted molar refractivity (Wildman–Crippen MR) is 107 cm³/mol. The van der Waals surface area contributed by atoms with Crippen LogP contribution >= 0.6 is 0 Å². The molecule has 0 spiro atoms. The molecule has 0 unspecified atom stereocenters. The van der Waals surface area contributed by atoms with E-state index in [-0.39, 0.29) is 11.8 Å². The highest BCUT2D eigenvalue weighted by atomic mass is 16.2. The number of aromatic nitrogens is 2. The Morgan fingerprint density at radius 2 is 1.81 bits per heavy atom. The minimum atomic E-state index is -0.0804. The molecule has 0 atom stereocenters. The molecule has 0 saturated carbocycles. The zero-order valence-corrected chi connectivity index (χ0v) is 16.6. The van der Waals surface area contributed by atoms with Crippen molar-refractivity contribution in [3.63, 3.8) is 0 Å². The number of hydrogen-bond acceptors (Lipinski definition) is 4. The summed E-state index contributed by atoms with van der Waals surface area (Å²) in [6, 6.07) is 9.82. The number of rotatable bonds is 9. The lowest BCUT2D eigenvalue weighted by molar-refractivity contribution is -0.123. The maximum absolute atomic E-state index is 12.4. The highest BCUT2D eigenvalue weighted by molar-refractivity contribution is 5.92. The maximum Gasteiger partial charge on any atom is 0.234 e. The van der Waals surface area contributed by atoms with Crippen molar-refractivity contribution in [1.29, 1.82) is 0 Å². The molecule has 2 N–H and O–H groups in total. The summed E-state index contributed by atoms with van der Waals surface area (Å²) in [6.45, 7) is 9.87. The number of aryl methyl sites for hydroxylation is 1. The average Bonchev–Trinajstić information content (AvgIpc) is 2.94. The zero-order chi connectivity index (χ0) is 19.8. The van der Waals surface area contributed by atoms with Gasteiger partial charge in [0.2, 0.25) is 11.8 Å². The van der Waals surface area contributed by atoms with Gasteiger partial charge in [0.25, 0.3) is 0 Å². The summed E-state index contributed by atoms with van der Waals surface area (Å²) in [7, 11) is 0. The van der Waals surface area contributed by atoms with E-state index in [1.807, 2.05) is 67.6 Å². The molecule has 1 aromatic heterocycles. The van der Waals surface area contributed by atoms with Crippen LogP contribution in [0.5, 0.6) is 0 Å². The Morgan fingerprint density at radius 3 is 2.44 bits per heavy atom. The second kappa shape index (κ2) is 9.87.